The zero-order valence-corrected chi connectivity index (χ0v) is 11.5. The second-order valence-corrected chi connectivity index (χ2v) is 6.76. The first kappa shape index (κ1) is 13.7. The molecule has 5 heteroatoms. The lowest BCUT2D eigenvalue weighted by Crippen LogP contribution is -2.08. The first-order valence-electron chi connectivity index (χ1n) is 5.98. The highest BCUT2D eigenvalue weighted by molar-refractivity contribution is 7.90. The number of fused-ring (bicyclic) bond motifs is 1. The van der Waals surface area contributed by atoms with Crippen LogP contribution in [0.2, 0.25) is 0 Å². The Hall–Kier alpha value is -1.75. The molecule has 4 nitrogen and oxygen atoms in total. The van der Waals surface area contributed by atoms with Crippen LogP contribution in [0.5, 0.6) is 11.5 Å². The van der Waals surface area contributed by atoms with Crippen molar-refractivity contribution in [2.75, 3.05) is 18.6 Å². The van der Waals surface area contributed by atoms with E-state index in [4.69, 9.17) is 4.74 Å². The average Bonchev–Trinajstić information content (AvgIpc) is 2.33. The van der Waals surface area contributed by atoms with Gasteiger partial charge in [0.05, 0.1) is 12.4 Å². The SMILES string of the molecule is CS(=O)(=O)CCCOc1cc2ccccc2cc1O. The van der Waals surface area contributed by atoms with E-state index in [1.807, 2.05) is 24.3 Å². The Morgan fingerprint density at radius 3 is 2.42 bits per heavy atom. The van der Waals surface area contributed by atoms with Gasteiger partial charge < -0.3 is 9.84 Å². The molecule has 0 aliphatic heterocycles. The minimum absolute atomic E-state index is 0.0676. The molecule has 0 aromatic heterocycles. The molecule has 2 aromatic rings. The van der Waals surface area contributed by atoms with Crippen LogP contribution >= 0.6 is 0 Å². The van der Waals surface area contributed by atoms with Gasteiger partial charge in [-0.05, 0) is 29.3 Å². The summed E-state index contributed by atoms with van der Waals surface area (Å²) in [5.74, 6) is 0.534. The molecule has 0 saturated carbocycles. The average molecular weight is 280 g/mol. The van der Waals surface area contributed by atoms with Gasteiger partial charge in [-0.3, -0.25) is 0 Å². The third-order valence-corrected chi connectivity index (χ3v) is 3.77. The van der Waals surface area contributed by atoms with Crippen molar-refractivity contribution < 1.29 is 18.3 Å². The van der Waals surface area contributed by atoms with E-state index in [0.717, 1.165) is 10.8 Å². The molecule has 0 unspecified atom stereocenters. The maximum atomic E-state index is 11.0. The summed E-state index contributed by atoms with van der Waals surface area (Å²) in [7, 11) is -2.97. The first-order chi connectivity index (χ1) is 8.96. The molecule has 0 bridgehead atoms. The monoisotopic (exact) mass is 280 g/mol. The number of aromatic hydroxyl groups is 1. The number of rotatable bonds is 5. The van der Waals surface area contributed by atoms with Gasteiger partial charge in [0.25, 0.3) is 0 Å². The van der Waals surface area contributed by atoms with Gasteiger partial charge in [0.1, 0.15) is 9.84 Å². The Morgan fingerprint density at radius 2 is 1.79 bits per heavy atom. The summed E-state index contributed by atoms with van der Waals surface area (Å²) in [5.41, 5.74) is 0. The Bertz CT molecular complexity index is 677. The highest BCUT2D eigenvalue weighted by Gasteiger charge is 2.06. The lowest BCUT2D eigenvalue weighted by atomic mass is 10.1. The molecule has 0 amide bonds. The fourth-order valence-electron chi connectivity index (χ4n) is 1.83. The molecule has 102 valence electrons. The van der Waals surface area contributed by atoms with E-state index in [9.17, 15) is 13.5 Å². The molecule has 0 fully saturated rings. The second-order valence-electron chi connectivity index (χ2n) is 4.50. The number of benzene rings is 2. The van der Waals surface area contributed by atoms with Gasteiger partial charge in [0, 0.05) is 6.26 Å². The minimum Gasteiger partial charge on any atom is -0.504 e. The highest BCUT2D eigenvalue weighted by Crippen LogP contribution is 2.31. The summed E-state index contributed by atoms with van der Waals surface area (Å²) in [4.78, 5) is 0. The molecule has 0 radical (unpaired) electrons. The number of ether oxygens (including phenoxy) is 1. The summed E-state index contributed by atoms with van der Waals surface area (Å²) in [6.07, 6.45) is 1.60. The summed E-state index contributed by atoms with van der Waals surface area (Å²) < 4.78 is 27.4. The van der Waals surface area contributed by atoms with Crippen molar-refractivity contribution in [1.82, 2.24) is 0 Å². The van der Waals surface area contributed by atoms with Crippen molar-refractivity contribution in [3.8, 4) is 11.5 Å². The highest BCUT2D eigenvalue weighted by atomic mass is 32.2. The zero-order chi connectivity index (χ0) is 13.9. The van der Waals surface area contributed by atoms with E-state index in [0.29, 0.717) is 12.2 Å². The maximum absolute atomic E-state index is 11.0. The van der Waals surface area contributed by atoms with Crippen LogP contribution in [0.25, 0.3) is 10.8 Å². The summed E-state index contributed by atoms with van der Waals surface area (Å²) in [6.45, 7) is 0.263. The van der Waals surface area contributed by atoms with Gasteiger partial charge in [-0.1, -0.05) is 24.3 Å². The first-order valence-corrected chi connectivity index (χ1v) is 8.04. The van der Waals surface area contributed by atoms with Gasteiger partial charge in [-0.2, -0.15) is 0 Å². The van der Waals surface area contributed by atoms with Crippen molar-refractivity contribution >= 4 is 20.6 Å². The summed E-state index contributed by atoms with van der Waals surface area (Å²) in [6, 6.07) is 11.0. The van der Waals surface area contributed by atoms with E-state index in [1.165, 1.54) is 6.26 Å². The van der Waals surface area contributed by atoms with Crippen LogP contribution in [-0.2, 0) is 9.84 Å². The Morgan fingerprint density at radius 1 is 1.16 bits per heavy atom. The second kappa shape index (κ2) is 5.48. The Labute approximate surface area is 112 Å². The fraction of sp³-hybridized carbons (Fsp3) is 0.286. The van der Waals surface area contributed by atoms with Crippen LogP contribution in [0, 0.1) is 0 Å². The minimum atomic E-state index is -2.97. The largest absolute Gasteiger partial charge is 0.504 e. The standard InChI is InChI=1S/C14H16O4S/c1-19(16,17)8-4-7-18-14-10-12-6-3-2-5-11(12)9-13(14)15/h2-3,5-6,9-10,15H,4,7-8H2,1H3. The third kappa shape index (κ3) is 3.86. The van der Waals surface area contributed by atoms with Crippen LogP contribution in [0.15, 0.2) is 36.4 Å². The Kier molecular flexibility index (Phi) is 3.95. The van der Waals surface area contributed by atoms with Crippen molar-refractivity contribution in [3.05, 3.63) is 36.4 Å². The number of hydrogen-bond donors (Lipinski definition) is 1. The van der Waals surface area contributed by atoms with E-state index in [-0.39, 0.29) is 18.1 Å². The van der Waals surface area contributed by atoms with Gasteiger partial charge in [-0.15, -0.1) is 0 Å². The lowest BCUT2D eigenvalue weighted by Gasteiger charge is -2.09. The van der Waals surface area contributed by atoms with E-state index >= 15 is 0 Å². The molecule has 19 heavy (non-hydrogen) atoms. The number of hydrogen-bond acceptors (Lipinski definition) is 4. The fourth-order valence-corrected chi connectivity index (χ4v) is 2.47. The molecule has 0 atom stereocenters. The van der Waals surface area contributed by atoms with Crippen LogP contribution in [0.4, 0.5) is 0 Å². The molecular weight excluding hydrogens is 264 g/mol. The summed E-state index contributed by atoms with van der Waals surface area (Å²) in [5, 5.41) is 11.7. The predicted molar refractivity (Wildman–Crippen MR) is 75.4 cm³/mol. The van der Waals surface area contributed by atoms with Crippen molar-refractivity contribution in [2.24, 2.45) is 0 Å². The molecule has 0 aliphatic rings. The smallest absolute Gasteiger partial charge is 0.161 e. The van der Waals surface area contributed by atoms with Crippen molar-refractivity contribution in [2.45, 2.75) is 6.42 Å². The number of phenols is 1. The molecule has 0 spiro atoms. The van der Waals surface area contributed by atoms with E-state index < -0.39 is 9.84 Å². The van der Waals surface area contributed by atoms with Crippen molar-refractivity contribution in [1.29, 1.82) is 0 Å². The summed E-state index contributed by atoms with van der Waals surface area (Å²) >= 11 is 0. The zero-order valence-electron chi connectivity index (χ0n) is 10.7. The van der Waals surface area contributed by atoms with E-state index in [2.05, 4.69) is 0 Å². The predicted octanol–water partition coefficient (Wildman–Crippen LogP) is 2.36. The quantitative estimate of drug-likeness (QED) is 0.854. The molecule has 0 saturated heterocycles. The molecular formula is C14H16O4S. The van der Waals surface area contributed by atoms with Gasteiger partial charge in [0.15, 0.2) is 11.5 Å². The number of phenolic OH excluding ortho intramolecular Hbond substituents is 1. The normalized spacial score (nSPS) is 11.6. The Balaban J connectivity index is 2.06. The molecule has 0 aliphatic carbocycles. The van der Waals surface area contributed by atoms with Crippen LogP contribution in [-0.4, -0.2) is 32.1 Å². The van der Waals surface area contributed by atoms with E-state index in [1.54, 1.807) is 12.1 Å². The van der Waals surface area contributed by atoms with Gasteiger partial charge in [-0.25, -0.2) is 8.42 Å². The molecule has 0 heterocycles. The van der Waals surface area contributed by atoms with Gasteiger partial charge >= 0.3 is 0 Å². The van der Waals surface area contributed by atoms with Crippen LogP contribution < -0.4 is 4.74 Å². The maximum Gasteiger partial charge on any atom is 0.161 e. The molecule has 2 aromatic carbocycles. The third-order valence-electron chi connectivity index (χ3n) is 2.74. The number of sulfone groups is 1. The topological polar surface area (TPSA) is 63.6 Å². The van der Waals surface area contributed by atoms with Gasteiger partial charge in [0.2, 0.25) is 0 Å². The van der Waals surface area contributed by atoms with Crippen molar-refractivity contribution in [3.63, 3.8) is 0 Å². The van der Waals surface area contributed by atoms with Crippen LogP contribution in [0.3, 0.4) is 0 Å². The lowest BCUT2D eigenvalue weighted by molar-refractivity contribution is 0.300. The molecule has 1 N–H and O–H groups in total. The van der Waals surface area contributed by atoms with Crippen LogP contribution in [0.1, 0.15) is 6.42 Å². The molecule has 2 rings (SSSR count).